The van der Waals surface area contributed by atoms with Crippen LogP contribution in [0, 0.1) is 0 Å². The first kappa shape index (κ1) is 11.0. The molecule has 1 saturated heterocycles. The number of aliphatic hydroxyl groups is 1. The summed E-state index contributed by atoms with van der Waals surface area (Å²) >= 11 is 0. The van der Waals surface area contributed by atoms with Crippen molar-refractivity contribution in [3.8, 4) is 0 Å². The molecule has 3 heteroatoms. The fourth-order valence-electron chi connectivity index (χ4n) is 1.48. The summed E-state index contributed by atoms with van der Waals surface area (Å²) in [6, 6.07) is 0.415. The second kappa shape index (κ2) is 4.40. The molecule has 0 spiro atoms. The normalized spacial score (nSPS) is 33.2. The Morgan fingerprint density at radius 1 is 1.62 bits per heavy atom. The van der Waals surface area contributed by atoms with Crippen LogP contribution < -0.4 is 5.32 Å². The SMILES string of the molecule is CCC(C)(O)CNC1CCOC1C. The predicted octanol–water partition coefficient (Wildman–Crippen LogP) is 0.914. The first-order valence-corrected chi connectivity index (χ1v) is 5.12. The number of hydrogen-bond donors (Lipinski definition) is 2. The van der Waals surface area contributed by atoms with Gasteiger partial charge in [-0.15, -0.1) is 0 Å². The molecular formula is C10H21NO2. The van der Waals surface area contributed by atoms with Gasteiger partial charge in [0.25, 0.3) is 0 Å². The van der Waals surface area contributed by atoms with Crippen LogP contribution in [-0.2, 0) is 4.74 Å². The van der Waals surface area contributed by atoms with Gasteiger partial charge < -0.3 is 15.2 Å². The highest BCUT2D eigenvalue weighted by Crippen LogP contribution is 2.14. The molecule has 1 fully saturated rings. The van der Waals surface area contributed by atoms with Crippen LogP contribution in [-0.4, -0.2) is 36.0 Å². The van der Waals surface area contributed by atoms with E-state index in [2.05, 4.69) is 12.2 Å². The number of ether oxygens (including phenoxy) is 1. The molecule has 0 bridgehead atoms. The molecule has 0 amide bonds. The molecule has 1 heterocycles. The Morgan fingerprint density at radius 3 is 2.77 bits per heavy atom. The topological polar surface area (TPSA) is 41.5 Å². The number of nitrogens with one attached hydrogen (secondary N) is 1. The van der Waals surface area contributed by atoms with E-state index in [0.29, 0.717) is 12.6 Å². The Hall–Kier alpha value is -0.120. The van der Waals surface area contributed by atoms with Crippen LogP contribution in [0.15, 0.2) is 0 Å². The van der Waals surface area contributed by atoms with E-state index in [9.17, 15) is 5.11 Å². The van der Waals surface area contributed by atoms with Crippen molar-refractivity contribution in [3.63, 3.8) is 0 Å². The van der Waals surface area contributed by atoms with E-state index in [-0.39, 0.29) is 6.10 Å². The van der Waals surface area contributed by atoms with Crippen LogP contribution >= 0.6 is 0 Å². The average molecular weight is 187 g/mol. The maximum atomic E-state index is 9.77. The molecule has 0 radical (unpaired) electrons. The Labute approximate surface area is 80.5 Å². The zero-order chi connectivity index (χ0) is 9.90. The lowest BCUT2D eigenvalue weighted by Gasteiger charge is -2.25. The number of hydrogen-bond acceptors (Lipinski definition) is 3. The molecule has 0 saturated carbocycles. The fourth-order valence-corrected chi connectivity index (χ4v) is 1.48. The van der Waals surface area contributed by atoms with Crippen molar-refractivity contribution in [1.82, 2.24) is 5.32 Å². The first-order valence-electron chi connectivity index (χ1n) is 5.12. The second-order valence-electron chi connectivity index (χ2n) is 4.20. The molecule has 2 N–H and O–H groups in total. The molecule has 13 heavy (non-hydrogen) atoms. The predicted molar refractivity (Wildman–Crippen MR) is 52.7 cm³/mol. The standard InChI is InChI=1S/C10H21NO2/c1-4-10(3,12)7-11-9-5-6-13-8(9)2/h8-9,11-12H,4-7H2,1-3H3. The van der Waals surface area contributed by atoms with Gasteiger partial charge in [-0.25, -0.2) is 0 Å². The Kier molecular flexibility index (Phi) is 3.71. The van der Waals surface area contributed by atoms with E-state index in [1.165, 1.54) is 0 Å². The van der Waals surface area contributed by atoms with Gasteiger partial charge in [0, 0.05) is 19.2 Å². The van der Waals surface area contributed by atoms with Crippen LogP contribution in [0.1, 0.15) is 33.6 Å². The molecule has 0 aromatic rings. The quantitative estimate of drug-likeness (QED) is 0.687. The maximum absolute atomic E-state index is 9.77. The van der Waals surface area contributed by atoms with Gasteiger partial charge in [-0.1, -0.05) is 6.92 Å². The third kappa shape index (κ3) is 3.25. The van der Waals surface area contributed by atoms with Crippen molar-refractivity contribution < 1.29 is 9.84 Å². The number of rotatable bonds is 4. The molecule has 1 rings (SSSR count). The summed E-state index contributed by atoms with van der Waals surface area (Å²) in [5, 5.41) is 13.1. The molecule has 1 aliphatic rings. The van der Waals surface area contributed by atoms with E-state index in [1.54, 1.807) is 0 Å². The minimum Gasteiger partial charge on any atom is -0.389 e. The highest BCUT2D eigenvalue weighted by atomic mass is 16.5. The van der Waals surface area contributed by atoms with E-state index in [1.807, 2.05) is 13.8 Å². The summed E-state index contributed by atoms with van der Waals surface area (Å²) < 4.78 is 5.42. The molecule has 0 aromatic heterocycles. The lowest BCUT2D eigenvalue weighted by molar-refractivity contribution is 0.0475. The summed E-state index contributed by atoms with van der Waals surface area (Å²) in [5.74, 6) is 0. The molecular weight excluding hydrogens is 166 g/mol. The molecule has 0 aromatic carbocycles. The highest BCUT2D eigenvalue weighted by Gasteiger charge is 2.26. The second-order valence-corrected chi connectivity index (χ2v) is 4.20. The van der Waals surface area contributed by atoms with Crippen LogP contribution in [0.4, 0.5) is 0 Å². The van der Waals surface area contributed by atoms with Gasteiger partial charge in [0.05, 0.1) is 11.7 Å². The average Bonchev–Trinajstić information content (AvgIpc) is 2.48. The van der Waals surface area contributed by atoms with E-state index in [4.69, 9.17) is 4.74 Å². The Bertz CT molecular complexity index is 159. The van der Waals surface area contributed by atoms with Crippen molar-refractivity contribution in [2.45, 2.75) is 51.4 Å². The van der Waals surface area contributed by atoms with Crippen LogP contribution in [0.2, 0.25) is 0 Å². The maximum Gasteiger partial charge on any atom is 0.0741 e. The molecule has 1 aliphatic heterocycles. The van der Waals surface area contributed by atoms with Gasteiger partial charge in [0.1, 0.15) is 0 Å². The van der Waals surface area contributed by atoms with E-state index in [0.717, 1.165) is 19.4 Å². The van der Waals surface area contributed by atoms with Gasteiger partial charge >= 0.3 is 0 Å². The third-order valence-electron chi connectivity index (χ3n) is 2.88. The molecule has 3 nitrogen and oxygen atoms in total. The summed E-state index contributed by atoms with van der Waals surface area (Å²) in [6.45, 7) is 7.43. The van der Waals surface area contributed by atoms with Crippen LogP contribution in [0.5, 0.6) is 0 Å². The Morgan fingerprint density at radius 2 is 2.31 bits per heavy atom. The fraction of sp³-hybridized carbons (Fsp3) is 1.00. The molecule has 78 valence electrons. The van der Waals surface area contributed by atoms with Crippen molar-refractivity contribution >= 4 is 0 Å². The smallest absolute Gasteiger partial charge is 0.0741 e. The molecule has 3 unspecified atom stereocenters. The Balaban J connectivity index is 2.25. The van der Waals surface area contributed by atoms with Gasteiger partial charge in [-0.05, 0) is 26.7 Å². The van der Waals surface area contributed by atoms with Crippen LogP contribution in [0.3, 0.4) is 0 Å². The van der Waals surface area contributed by atoms with Crippen molar-refractivity contribution in [2.75, 3.05) is 13.2 Å². The third-order valence-corrected chi connectivity index (χ3v) is 2.88. The van der Waals surface area contributed by atoms with Gasteiger partial charge in [0.15, 0.2) is 0 Å². The largest absolute Gasteiger partial charge is 0.389 e. The van der Waals surface area contributed by atoms with Crippen molar-refractivity contribution in [1.29, 1.82) is 0 Å². The van der Waals surface area contributed by atoms with Crippen LogP contribution in [0.25, 0.3) is 0 Å². The minimum atomic E-state index is -0.581. The summed E-state index contributed by atoms with van der Waals surface area (Å²) in [5.41, 5.74) is -0.581. The summed E-state index contributed by atoms with van der Waals surface area (Å²) in [6.07, 6.45) is 2.12. The van der Waals surface area contributed by atoms with E-state index < -0.39 is 5.60 Å². The van der Waals surface area contributed by atoms with Gasteiger partial charge in [-0.3, -0.25) is 0 Å². The minimum absolute atomic E-state index is 0.285. The monoisotopic (exact) mass is 187 g/mol. The van der Waals surface area contributed by atoms with Crippen molar-refractivity contribution in [3.05, 3.63) is 0 Å². The zero-order valence-corrected chi connectivity index (χ0v) is 8.84. The summed E-state index contributed by atoms with van der Waals surface area (Å²) in [4.78, 5) is 0. The first-order chi connectivity index (χ1) is 6.05. The summed E-state index contributed by atoms with van der Waals surface area (Å²) in [7, 11) is 0. The zero-order valence-electron chi connectivity index (χ0n) is 8.84. The molecule has 0 aliphatic carbocycles. The molecule has 3 atom stereocenters. The highest BCUT2D eigenvalue weighted by molar-refractivity contribution is 4.83. The lowest BCUT2D eigenvalue weighted by atomic mass is 10.0. The van der Waals surface area contributed by atoms with Gasteiger partial charge in [0.2, 0.25) is 0 Å². The van der Waals surface area contributed by atoms with Gasteiger partial charge in [-0.2, -0.15) is 0 Å². The van der Waals surface area contributed by atoms with E-state index >= 15 is 0 Å². The lowest BCUT2D eigenvalue weighted by Crippen LogP contribution is -2.44. The van der Waals surface area contributed by atoms with Crippen molar-refractivity contribution in [2.24, 2.45) is 0 Å².